The zero-order chi connectivity index (χ0) is 22.0. The average molecular weight is 496 g/mol. The van der Waals surface area contributed by atoms with E-state index in [1.165, 1.54) is 6.26 Å². The van der Waals surface area contributed by atoms with Gasteiger partial charge >= 0.3 is 0 Å². The molecule has 1 saturated carbocycles. The van der Waals surface area contributed by atoms with E-state index in [0.29, 0.717) is 6.61 Å². The summed E-state index contributed by atoms with van der Waals surface area (Å²) >= 11 is 3.04. The summed E-state index contributed by atoms with van der Waals surface area (Å²) in [7, 11) is 0. The molecule has 0 atom stereocenters. The van der Waals surface area contributed by atoms with E-state index >= 15 is 0 Å². The molecule has 1 fully saturated rings. The third kappa shape index (κ3) is 4.82. The molecule has 3 heterocycles. The first-order valence-electron chi connectivity index (χ1n) is 9.90. The molecule has 3 aromatic heterocycles. The van der Waals surface area contributed by atoms with Crippen molar-refractivity contribution in [2.45, 2.75) is 44.8 Å². The molecule has 0 saturated heterocycles. The molecular weight excluding hydrogens is 476 g/mol. The number of anilines is 1. The summed E-state index contributed by atoms with van der Waals surface area (Å²) in [6.07, 6.45) is 6.37. The first kappa shape index (κ1) is 21.6. The van der Waals surface area contributed by atoms with Gasteiger partial charge in [-0.15, -0.1) is 0 Å². The van der Waals surface area contributed by atoms with Crippen molar-refractivity contribution < 1.29 is 22.7 Å². The van der Waals surface area contributed by atoms with Crippen molar-refractivity contribution in [3.8, 4) is 11.4 Å². The van der Waals surface area contributed by atoms with Gasteiger partial charge in [0, 0.05) is 28.7 Å². The Morgan fingerprint density at radius 2 is 2.03 bits per heavy atom. The summed E-state index contributed by atoms with van der Waals surface area (Å²) < 4.78 is 40.5. The Balaban J connectivity index is 1.65. The molecule has 0 bridgehead atoms. The van der Waals surface area contributed by atoms with E-state index in [4.69, 9.17) is 9.15 Å². The fourth-order valence-electron chi connectivity index (χ4n) is 3.68. The van der Waals surface area contributed by atoms with Crippen molar-refractivity contribution in [1.29, 1.82) is 0 Å². The van der Waals surface area contributed by atoms with E-state index in [1.807, 2.05) is 6.92 Å². The van der Waals surface area contributed by atoms with Gasteiger partial charge in [-0.3, -0.25) is 9.48 Å². The largest absolute Gasteiger partial charge is 0.439 e. The Bertz CT molecular complexity index is 1080. The van der Waals surface area contributed by atoms with Crippen LogP contribution in [-0.2, 0) is 4.74 Å². The number of pyridine rings is 1. The Morgan fingerprint density at radius 1 is 1.26 bits per heavy atom. The van der Waals surface area contributed by atoms with Gasteiger partial charge in [0.05, 0.1) is 17.8 Å². The molecule has 1 amide bonds. The molecule has 4 rings (SSSR count). The maximum absolute atomic E-state index is 14.4. The van der Waals surface area contributed by atoms with Gasteiger partial charge in [-0.05, 0) is 44.7 Å². The molecule has 0 radical (unpaired) electrons. The number of nitrogens with zero attached hydrogens (tertiary/aromatic N) is 4. The van der Waals surface area contributed by atoms with E-state index in [1.54, 1.807) is 10.9 Å². The van der Waals surface area contributed by atoms with E-state index in [9.17, 15) is 13.6 Å². The molecule has 0 aromatic carbocycles. The second-order valence-corrected chi connectivity index (χ2v) is 7.84. The lowest BCUT2D eigenvalue weighted by Crippen LogP contribution is -2.24. The number of rotatable bonds is 6. The Labute approximate surface area is 185 Å². The second kappa shape index (κ2) is 9.23. The molecule has 31 heavy (non-hydrogen) atoms. The van der Waals surface area contributed by atoms with Crippen molar-refractivity contribution in [2.75, 3.05) is 11.9 Å². The molecule has 11 heteroatoms. The van der Waals surface area contributed by atoms with Crippen molar-refractivity contribution >= 4 is 27.5 Å². The molecule has 3 aromatic rings. The van der Waals surface area contributed by atoms with Gasteiger partial charge in [0.2, 0.25) is 5.95 Å². The highest BCUT2D eigenvalue weighted by Crippen LogP contribution is 2.34. The zero-order valence-corrected chi connectivity index (χ0v) is 18.2. The Kier molecular flexibility index (Phi) is 6.42. The Morgan fingerprint density at radius 3 is 2.71 bits per heavy atom. The number of ether oxygens (including phenoxy) is 1. The topological polar surface area (TPSA) is 95.1 Å². The van der Waals surface area contributed by atoms with Gasteiger partial charge in [-0.25, -0.2) is 9.37 Å². The highest BCUT2D eigenvalue weighted by Gasteiger charge is 2.27. The predicted molar refractivity (Wildman–Crippen MR) is 110 cm³/mol. The van der Waals surface area contributed by atoms with Crippen LogP contribution in [0.1, 0.15) is 49.1 Å². The monoisotopic (exact) mass is 495 g/mol. The maximum Gasteiger partial charge on any atom is 0.277 e. The first-order chi connectivity index (χ1) is 14.9. The number of carbonyl (C=O) groups excluding carboxylic acids is 1. The fraction of sp³-hybridized carbons (Fsp3) is 0.400. The maximum atomic E-state index is 14.4. The summed E-state index contributed by atoms with van der Waals surface area (Å²) in [5, 5.41) is 7.12. The van der Waals surface area contributed by atoms with Gasteiger partial charge in [0.1, 0.15) is 17.7 Å². The number of halogens is 3. The molecular formula is C20H20BrF2N5O3. The number of hydrogen-bond donors (Lipinski definition) is 1. The van der Waals surface area contributed by atoms with Crippen LogP contribution in [0.5, 0.6) is 0 Å². The number of hydrogen-bond acceptors (Lipinski definition) is 6. The number of nitrogens with one attached hydrogen (secondary N) is 1. The summed E-state index contributed by atoms with van der Waals surface area (Å²) in [6.45, 7) is 2.63. The van der Waals surface area contributed by atoms with Crippen LogP contribution in [0.15, 0.2) is 33.8 Å². The molecule has 0 unspecified atom stereocenters. The summed E-state index contributed by atoms with van der Waals surface area (Å²) in [6, 6.07) is 1.94. The van der Waals surface area contributed by atoms with Gasteiger partial charge in [0.15, 0.2) is 11.5 Å². The van der Waals surface area contributed by atoms with Crippen LogP contribution >= 0.6 is 15.9 Å². The third-order valence-corrected chi connectivity index (χ3v) is 5.51. The molecule has 0 spiro atoms. The van der Waals surface area contributed by atoms with Gasteiger partial charge in [-0.2, -0.15) is 14.5 Å². The van der Waals surface area contributed by atoms with Gasteiger partial charge in [-0.1, -0.05) is 0 Å². The fourth-order valence-corrected chi connectivity index (χ4v) is 3.97. The zero-order valence-electron chi connectivity index (χ0n) is 16.6. The average Bonchev–Trinajstić information content (AvgIpc) is 3.37. The highest BCUT2D eigenvalue weighted by molar-refractivity contribution is 9.10. The molecule has 8 nitrogen and oxygen atoms in total. The third-order valence-electron chi connectivity index (χ3n) is 5.15. The highest BCUT2D eigenvalue weighted by atomic mass is 79.9. The minimum atomic E-state index is -0.846. The van der Waals surface area contributed by atoms with Crippen molar-refractivity contribution in [3.63, 3.8) is 0 Å². The number of oxazole rings is 1. The van der Waals surface area contributed by atoms with E-state index in [-0.39, 0.29) is 39.7 Å². The first-order valence-corrected chi connectivity index (χ1v) is 10.7. The lowest BCUT2D eigenvalue weighted by Gasteiger charge is -2.28. The van der Waals surface area contributed by atoms with Crippen LogP contribution in [0, 0.1) is 11.8 Å². The lowest BCUT2D eigenvalue weighted by molar-refractivity contribution is 0.0260. The van der Waals surface area contributed by atoms with E-state index in [0.717, 1.165) is 37.8 Å². The molecule has 1 aliphatic rings. The molecule has 1 N–H and O–H groups in total. The van der Waals surface area contributed by atoms with Crippen molar-refractivity contribution in [1.82, 2.24) is 19.7 Å². The van der Waals surface area contributed by atoms with Gasteiger partial charge in [0.25, 0.3) is 10.7 Å². The van der Waals surface area contributed by atoms with Crippen LogP contribution in [0.2, 0.25) is 0 Å². The summed E-state index contributed by atoms with van der Waals surface area (Å²) in [5.74, 6) is -2.17. The Hall–Kier alpha value is -2.66. The minimum Gasteiger partial charge on any atom is -0.439 e. The molecule has 1 aliphatic carbocycles. The summed E-state index contributed by atoms with van der Waals surface area (Å²) in [4.78, 5) is 20.3. The standard InChI is InChI=1S/C20H20BrF2N5O3/c1-2-30-12-5-3-11(4-6-12)28-9-14(24-19(29)15-10-31-20(21)25-15)18(27-28)17-13(22)7-8-16(23)26-17/h7-12H,2-6H2,1H3,(H,24,29)/t11-,12-. The van der Waals surface area contributed by atoms with Crippen molar-refractivity contribution in [2.24, 2.45) is 0 Å². The normalized spacial score (nSPS) is 18.8. The second-order valence-electron chi connectivity index (χ2n) is 7.16. The van der Waals surface area contributed by atoms with Crippen LogP contribution in [0.3, 0.4) is 0 Å². The summed E-state index contributed by atoms with van der Waals surface area (Å²) in [5.41, 5.74) is -0.0123. The van der Waals surface area contributed by atoms with Crippen LogP contribution in [0.4, 0.5) is 14.5 Å². The van der Waals surface area contributed by atoms with Crippen LogP contribution < -0.4 is 5.32 Å². The molecule has 0 aliphatic heterocycles. The number of carbonyl (C=O) groups is 1. The van der Waals surface area contributed by atoms with Crippen LogP contribution in [0.25, 0.3) is 11.4 Å². The lowest BCUT2D eigenvalue weighted by atomic mass is 9.93. The number of aromatic nitrogens is 4. The smallest absolute Gasteiger partial charge is 0.277 e. The molecule has 164 valence electrons. The van der Waals surface area contributed by atoms with Crippen molar-refractivity contribution in [3.05, 3.63) is 46.9 Å². The predicted octanol–water partition coefficient (Wildman–Crippen LogP) is 4.75. The minimum absolute atomic E-state index is 0.0236. The van der Waals surface area contributed by atoms with E-state index in [2.05, 4.69) is 36.3 Å². The quantitative estimate of drug-likeness (QED) is 0.496. The van der Waals surface area contributed by atoms with E-state index < -0.39 is 17.7 Å². The van der Waals surface area contributed by atoms with Gasteiger partial charge < -0.3 is 14.5 Å². The SMILES string of the molecule is CCO[C@H]1CC[C@H](n2cc(NC(=O)c3coc(Br)n3)c(-c3nc(F)ccc3F)n2)CC1. The van der Waals surface area contributed by atoms with Crippen LogP contribution in [-0.4, -0.2) is 38.4 Å². The number of amides is 1.